The lowest BCUT2D eigenvalue weighted by Gasteiger charge is -2.15. The van der Waals surface area contributed by atoms with Gasteiger partial charge in [-0.2, -0.15) is 5.01 Å². The Morgan fingerprint density at radius 2 is 1.80 bits per heavy atom. The number of ether oxygens (including phenoxy) is 3. The molecule has 0 aromatic heterocycles. The number of hydrogen-bond acceptors (Lipinski definition) is 8. The van der Waals surface area contributed by atoms with Crippen molar-refractivity contribution in [1.29, 1.82) is 0 Å². The number of phenols is 1. The van der Waals surface area contributed by atoms with Gasteiger partial charge < -0.3 is 19.3 Å². The quantitative estimate of drug-likeness (QED) is 0.516. The van der Waals surface area contributed by atoms with Gasteiger partial charge in [-0.1, -0.05) is 17.8 Å². The SMILES string of the molecule is COc1cc(/C=C2\SC(=S)N(NC(=O)c3cccc(O)c3)C2=O)cc(OC)c1OC. The van der Waals surface area contributed by atoms with Crippen molar-refractivity contribution in [2.75, 3.05) is 21.3 Å². The Hall–Kier alpha value is -3.24. The van der Waals surface area contributed by atoms with Crippen LogP contribution in [0.3, 0.4) is 0 Å². The lowest BCUT2D eigenvalue weighted by molar-refractivity contribution is -0.123. The number of hydrogen-bond donors (Lipinski definition) is 2. The van der Waals surface area contributed by atoms with Gasteiger partial charge in [-0.15, -0.1) is 0 Å². The van der Waals surface area contributed by atoms with Crippen molar-refractivity contribution in [3.05, 3.63) is 52.4 Å². The van der Waals surface area contributed by atoms with Crippen LogP contribution in [0.1, 0.15) is 15.9 Å². The van der Waals surface area contributed by atoms with E-state index in [4.69, 9.17) is 26.4 Å². The van der Waals surface area contributed by atoms with Crippen molar-refractivity contribution in [1.82, 2.24) is 10.4 Å². The summed E-state index contributed by atoms with van der Waals surface area (Å²) < 4.78 is 16.1. The second kappa shape index (κ2) is 9.06. The number of thioether (sulfide) groups is 1. The highest BCUT2D eigenvalue weighted by molar-refractivity contribution is 8.26. The highest BCUT2D eigenvalue weighted by Crippen LogP contribution is 2.40. The monoisotopic (exact) mass is 446 g/mol. The Kier molecular flexibility index (Phi) is 6.48. The van der Waals surface area contributed by atoms with Crippen molar-refractivity contribution < 1.29 is 28.9 Å². The molecule has 2 amide bonds. The highest BCUT2D eigenvalue weighted by atomic mass is 32.2. The van der Waals surface area contributed by atoms with E-state index >= 15 is 0 Å². The van der Waals surface area contributed by atoms with Crippen molar-refractivity contribution in [3.8, 4) is 23.0 Å². The number of carbonyl (C=O) groups excluding carboxylic acids is 2. The molecule has 30 heavy (non-hydrogen) atoms. The smallest absolute Gasteiger partial charge is 0.285 e. The molecule has 0 saturated carbocycles. The molecule has 0 unspecified atom stereocenters. The molecule has 2 aromatic rings. The fourth-order valence-corrected chi connectivity index (χ4v) is 3.89. The molecule has 0 radical (unpaired) electrons. The van der Waals surface area contributed by atoms with Crippen LogP contribution >= 0.6 is 24.0 Å². The molecule has 1 aliphatic rings. The number of nitrogens with zero attached hydrogens (tertiary/aromatic N) is 1. The van der Waals surface area contributed by atoms with E-state index in [9.17, 15) is 14.7 Å². The number of carbonyl (C=O) groups is 2. The van der Waals surface area contributed by atoms with E-state index in [1.165, 1.54) is 45.6 Å². The van der Waals surface area contributed by atoms with Crippen LogP contribution in [0.15, 0.2) is 41.3 Å². The molecular formula is C20H18N2O6S2. The largest absolute Gasteiger partial charge is 0.508 e. The molecule has 1 saturated heterocycles. The summed E-state index contributed by atoms with van der Waals surface area (Å²) in [6.07, 6.45) is 1.62. The number of rotatable bonds is 6. The molecule has 1 fully saturated rings. The highest BCUT2D eigenvalue weighted by Gasteiger charge is 2.34. The molecule has 0 spiro atoms. The Bertz CT molecular complexity index is 1030. The zero-order valence-corrected chi connectivity index (χ0v) is 17.9. The van der Waals surface area contributed by atoms with Crippen LogP contribution in [0.2, 0.25) is 0 Å². The first kappa shape index (κ1) is 21.5. The maximum atomic E-state index is 12.8. The Labute approximate surface area is 182 Å². The van der Waals surface area contributed by atoms with E-state index in [2.05, 4.69) is 5.43 Å². The minimum atomic E-state index is -0.573. The number of amides is 2. The second-order valence-corrected chi connectivity index (χ2v) is 7.64. The summed E-state index contributed by atoms with van der Waals surface area (Å²) in [4.78, 5) is 25.5. The fraction of sp³-hybridized carbons (Fsp3) is 0.150. The molecule has 2 aromatic carbocycles. The topological polar surface area (TPSA) is 97.3 Å². The van der Waals surface area contributed by atoms with Gasteiger partial charge in [0.1, 0.15) is 5.75 Å². The van der Waals surface area contributed by atoms with Crippen LogP contribution in [0.25, 0.3) is 6.08 Å². The molecule has 0 bridgehead atoms. The second-order valence-electron chi connectivity index (χ2n) is 5.97. The first-order valence-corrected chi connectivity index (χ1v) is 9.78. The van der Waals surface area contributed by atoms with Gasteiger partial charge in [-0.05, 0) is 54.2 Å². The molecule has 156 valence electrons. The predicted molar refractivity (Wildman–Crippen MR) is 117 cm³/mol. The maximum absolute atomic E-state index is 12.8. The molecule has 0 aliphatic carbocycles. The van der Waals surface area contributed by atoms with Crippen molar-refractivity contribution in [3.63, 3.8) is 0 Å². The summed E-state index contributed by atoms with van der Waals surface area (Å²) in [7, 11) is 4.50. The zero-order valence-electron chi connectivity index (χ0n) is 16.3. The number of thiocarbonyl (C=S) groups is 1. The summed E-state index contributed by atoms with van der Waals surface area (Å²) in [5.74, 6) is 0.202. The number of nitrogens with one attached hydrogen (secondary N) is 1. The molecular weight excluding hydrogens is 428 g/mol. The lowest BCUT2D eigenvalue weighted by atomic mass is 10.1. The van der Waals surface area contributed by atoms with E-state index < -0.39 is 11.8 Å². The van der Waals surface area contributed by atoms with Gasteiger partial charge in [0, 0.05) is 5.56 Å². The number of hydrazine groups is 1. The molecule has 10 heteroatoms. The Morgan fingerprint density at radius 3 is 2.37 bits per heavy atom. The van der Waals surface area contributed by atoms with E-state index in [-0.39, 0.29) is 15.6 Å². The number of methoxy groups -OCH3 is 3. The lowest BCUT2D eigenvalue weighted by Crippen LogP contribution is -2.44. The normalized spacial score (nSPS) is 14.8. The molecule has 3 rings (SSSR count). The minimum Gasteiger partial charge on any atom is -0.508 e. The fourth-order valence-electron chi connectivity index (χ4n) is 2.71. The van der Waals surface area contributed by atoms with Gasteiger partial charge in [0.15, 0.2) is 15.8 Å². The predicted octanol–water partition coefficient (Wildman–Crippen LogP) is 2.96. The number of aromatic hydroxyl groups is 1. The first-order valence-electron chi connectivity index (χ1n) is 8.56. The van der Waals surface area contributed by atoms with Gasteiger partial charge in [0.05, 0.1) is 26.2 Å². The van der Waals surface area contributed by atoms with Crippen LogP contribution in [-0.2, 0) is 4.79 Å². The standard InChI is InChI=1S/C20H18N2O6S2/c1-26-14-7-11(8-15(27-2)17(14)28-3)9-16-19(25)22(20(29)30-16)21-18(24)12-5-4-6-13(23)10-12/h4-10,23H,1-3H3,(H,21,24)/b16-9-. The van der Waals surface area contributed by atoms with Crippen molar-refractivity contribution in [2.24, 2.45) is 0 Å². The van der Waals surface area contributed by atoms with Crippen LogP contribution in [-0.4, -0.2) is 47.6 Å². The number of benzene rings is 2. The average Bonchev–Trinajstić information content (AvgIpc) is 3.00. The van der Waals surface area contributed by atoms with Gasteiger partial charge in [-0.3, -0.25) is 15.0 Å². The van der Waals surface area contributed by atoms with Gasteiger partial charge in [0.25, 0.3) is 11.8 Å². The third-order valence-corrected chi connectivity index (χ3v) is 5.40. The van der Waals surface area contributed by atoms with E-state index in [1.54, 1.807) is 18.2 Å². The summed E-state index contributed by atoms with van der Waals surface area (Å²) >= 11 is 6.28. The van der Waals surface area contributed by atoms with Gasteiger partial charge >= 0.3 is 0 Å². The van der Waals surface area contributed by atoms with Crippen LogP contribution in [0, 0.1) is 0 Å². The van der Waals surface area contributed by atoms with Gasteiger partial charge in [0.2, 0.25) is 5.75 Å². The average molecular weight is 447 g/mol. The molecule has 8 nitrogen and oxygen atoms in total. The van der Waals surface area contributed by atoms with Crippen LogP contribution in [0.4, 0.5) is 0 Å². The van der Waals surface area contributed by atoms with Crippen molar-refractivity contribution in [2.45, 2.75) is 0 Å². The van der Waals surface area contributed by atoms with Gasteiger partial charge in [-0.25, -0.2) is 0 Å². The molecule has 0 atom stereocenters. The summed E-state index contributed by atoms with van der Waals surface area (Å²) in [5, 5.41) is 10.5. The summed E-state index contributed by atoms with van der Waals surface area (Å²) in [5.41, 5.74) is 3.28. The van der Waals surface area contributed by atoms with Crippen LogP contribution in [0.5, 0.6) is 23.0 Å². The van der Waals surface area contributed by atoms with E-state index in [0.717, 1.165) is 16.8 Å². The number of phenolic OH excluding ortho intramolecular Hbond substituents is 1. The Balaban J connectivity index is 1.85. The summed E-state index contributed by atoms with van der Waals surface area (Å²) in [6.45, 7) is 0. The zero-order chi connectivity index (χ0) is 21.8. The van der Waals surface area contributed by atoms with Crippen molar-refractivity contribution >= 4 is 46.2 Å². The molecule has 1 heterocycles. The van der Waals surface area contributed by atoms with Crippen LogP contribution < -0.4 is 19.6 Å². The third-order valence-electron chi connectivity index (χ3n) is 4.10. The maximum Gasteiger partial charge on any atom is 0.285 e. The van der Waals surface area contributed by atoms with E-state index in [1.807, 2.05) is 0 Å². The van der Waals surface area contributed by atoms with E-state index in [0.29, 0.717) is 27.7 Å². The third kappa shape index (κ3) is 4.34. The first-order chi connectivity index (χ1) is 14.4. The minimum absolute atomic E-state index is 0.0599. The molecule has 1 aliphatic heterocycles. The summed E-state index contributed by atoms with van der Waals surface area (Å²) in [6, 6.07) is 9.16. The Morgan fingerprint density at radius 1 is 1.13 bits per heavy atom. The molecule has 2 N–H and O–H groups in total.